The van der Waals surface area contributed by atoms with Crippen molar-refractivity contribution in [1.29, 1.82) is 0 Å². The van der Waals surface area contributed by atoms with Crippen LogP contribution >= 0.6 is 0 Å². The Morgan fingerprint density at radius 1 is 1.12 bits per heavy atom. The van der Waals surface area contributed by atoms with E-state index in [9.17, 15) is 14.4 Å². The van der Waals surface area contributed by atoms with Crippen LogP contribution in [0.3, 0.4) is 0 Å². The van der Waals surface area contributed by atoms with Gasteiger partial charge in [0.1, 0.15) is 6.04 Å². The smallest absolute Gasteiger partial charge is 0.303 e. The normalized spacial score (nSPS) is 11.8. The van der Waals surface area contributed by atoms with Crippen LogP contribution in [0.4, 0.5) is 0 Å². The third-order valence-electron chi connectivity index (χ3n) is 3.88. The molecule has 0 aliphatic heterocycles. The Morgan fingerprint density at radius 3 is 2.44 bits per heavy atom. The molecule has 1 atom stereocenters. The Bertz CT molecular complexity index is 599. The van der Waals surface area contributed by atoms with Crippen molar-refractivity contribution in [1.82, 2.24) is 10.6 Å². The second-order valence-electron chi connectivity index (χ2n) is 6.56. The molecule has 6 heteroatoms. The highest BCUT2D eigenvalue weighted by molar-refractivity contribution is 5.97. The van der Waals surface area contributed by atoms with Crippen LogP contribution in [0.5, 0.6) is 0 Å². The first-order chi connectivity index (χ1) is 11.8. The number of hydrogen-bond acceptors (Lipinski definition) is 3. The highest BCUT2D eigenvalue weighted by Gasteiger charge is 2.24. The van der Waals surface area contributed by atoms with E-state index in [0.717, 1.165) is 18.4 Å². The summed E-state index contributed by atoms with van der Waals surface area (Å²) in [6.45, 7) is 6.15. The van der Waals surface area contributed by atoms with E-state index in [0.29, 0.717) is 18.5 Å². The Labute approximate surface area is 149 Å². The third kappa shape index (κ3) is 7.83. The fourth-order valence-corrected chi connectivity index (χ4v) is 2.45. The molecule has 25 heavy (non-hydrogen) atoms. The predicted molar refractivity (Wildman–Crippen MR) is 96.4 cm³/mol. The van der Waals surface area contributed by atoms with Gasteiger partial charge in [0.15, 0.2) is 0 Å². The van der Waals surface area contributed by atoms with Crippen LogP contribution in [0.15, 0.2) is 24.3 Å². The van der Waals surface area contributed by atoms with E-state index in [-0.39, 0.29) is 24.2 Å². The zero-order chi connectivity index (χ0) is 18.8. The van der Waals surface area contributed by atoms with E-state index in [1.54, 1.807) is 12.1 Å². The van der Waals surface area contributed by atoms with Crippen LogP contribution in [0.25, 0.3) is 0 Å². The summed E-state index contributed by atoms with van der Waals surface area (Å²) in [7, 11) is 0. The molecule has 0 heterocycles. The molecule has 1 rings (SSSR count). The average Bonchev–Trinajstić information content (AvgIpc) is 2.54. The number of nitrogens with one attached hydrogen (secondary N) is 2. The number of carboxylic acid groups (broad SMARTS) is 1. The molecular formula is C19H28N2O4. The van der Waals surface area contributed by atoms with E-state index >= 15 is 0 Å². The summed E-state index contributed by atoms with van der Waals surface area (Å²) in [6.07, 6.45) is 2.21. The first kappa shape index (κ1) is 20.7. The fourth-order valence-electron chi connectivity index (χ4n) is 2.45. The molecular weight excluding hydrogens is 320 g/mol. The van der Waals surface area contributed by atoms with Crippen LogP contribution in [0.1, 0.15) is 55.5 Å². The Kier molecular flexibility index (Phi) is 8.67. The Morgan fingerprint density at radius 2 is 1.84 bits per heavy atom. The Balaban J connectivity index is 2.48. The molecule has 138 valence electrons. The van der Waals surface area contributed by atoms with Gasteiger partial charge in [-0.1, -0.05) is 38.0 Å². The molecule has 0 aromatic heterocycles. The van der Waals surface area contributed by atoms with E-state index < -0.39 is 12.0 Å². The number of unbranched alkanes of at least 4 members (excludes halogenated alkanes) is 2. The maximum atomic E-state index is 12.3. The molecule has 0 saturated carbocycles. The third-order valence-corrected chi connectivity index (χ3v) is 3.88. The minimum Gasteiger partial charge on any atom is -0.481 e. The molecule has 1 aromatic carbocycles. The number of carboxylic acids is 1. The van der Waals surface area contributed by atoms with Gasteiger partial charge in [0.2, 0.25) is 5.91 Å². The van der Waals surface area contributed by atoms with Crippen molar-refractivity contribution in [3.8, 4) is 0 Å². The van der Waals surface area contributed by atoms with Crippen LogP contribution in [-0.2, 0) is 9.59 Å². The number of amides is 2. The van der Waals surface area contributed by atoms with Crippen molar-refractivity contribution in [3.05, 3.63) is 35.4 Å². The number of hydrogen-bond donors (Lipinski definition) is 3. The van der Waals surface area contributed by atoms with Crippen LogP contribution in [0, 0.1) is 12.8 Å². The van der Waals surface area contributed by atoms with Gasteiger partial charge in [0, 0.05) is 18.5 Å². The van der Waals surface area contributed by atoms with Gasteiger partial charge in [0.25, 0.3) is 5.91 Å². The second-order valence-corrected chi connectivity index (χ2v) is 6.56. The summed E-state index contributed by atoms with van der Waals surface area (Å²) in [5.74, 6) is -1.32. The molecule has 1 aromatic rings. The maximum Gasteiger partial charge on any atom is 0.303 e. The Hall–Kier alpha value is -2.37. The molecule has 1 unspecified atom stereocenters. The summed E-state index contributed by atoms with van der Waals surface area (Å²) in [4.78, 5) is 35.1. The molecule has 0 bridgehead atoms. The molecule has 6 nitrogen and oxygen atoms in total. The maximum absolute atomic E-state index is 12.3. The number of carbonyl (C=O) groups excluding carboxylic acids is 2. The van der Waals surface area contributed by atoms with Crippen molar-refractivity contribution < 1.29 is 19.5 Å². The first-order valence-corrected chi connectivity index (χ1v) is 8.68. The summed E-state index contributed by atoms with van der Waals surface area (Å²) >= 11 is 0. The van der Waals surface area contributed by atoms with E-state index in [1.807, 2.05) is 32.9 Å². The number of carbonyl (C=O) groups is 3. The monoisotopic (exact) mass is 348 g/mol. The predicted octanol–water partition coefficient (Wildman–Crippen LogP) is 2.51. The molecule has 0 fully saturated rings. The minimum absolute atomic E-state index is 0.0410. The highest BCUT2D eigenvalue weighted by atomic mass is 16.4. The van der Waals surface area contributed by atoms with Gasteiger partial charge in [-0.15, -0.1) is 0 Å². The SMILES string of the molecule is Cc1cccc(C(=O)NC(C(=O)NCCCCCC(=O)O)C(C)C)c1. The standard InChI is InChI=1S/C19H28N2O4/c1-13(2)17(19(25)20-11-6-4-5-10-16(22)23)21-18(24)15-9-7-8-14(3)12-15/h7-9,12-13,17H,4-6,10-11H2,1-3H3,(H,20,25)(H,21,24)(H,22,23). The van der Waals surface area contributed by atoms with Crippen LogP contribution < -0.4 is 10.6 Å². The molecule has 0 radical (unpaired) electrons. The van der Waals surface area contributed by atoms with E-state index in [4.69, 9.17) is 5.11 Å². The molecule has 0 spiro atoms. The molecule has 2 amide bonds. The van der Waals surface area contributed by atoms with Crippen molar-refractivity contribution in [2.45, 2.75) is 52.5 Å². The highest BCUT2D eigenvalue weighted by Crippen LogP contribution is 2.07. The van der Waals surface area contributed by atoms with Gasteiger partial charge in [-0.2, -0.15) is 0 Å². The van der Waals surface area contributed by atoms with Gasteiger partial charge in [-0.25, -0.2) is 0 Å². The van der Waals surface area contributed by atoms with Gasteiger partial charge < -0.3 is 15.7 Å². The van der Waals surface area contributed by atoms with Gasteiger partial charge in [-0.05, 0) is 37.8 Å². The van der Waals surface area contributed by atoms with Crippen LogP contribution in [0.2, 0.25) is 0 Å². The van der Waals surface area contributed by atoms with Crippen LogP contribution in [-0.4, -0.2) is 35.5 Å². The van der Waals surface area contributed by atoms with E-state index in [1.165, 1.54) is 0 Å². The number of aryl methyl sites for hydroxylation is 1. The van der Waals surface area contributed by atoms with Gasteiger partial charge >= 0.3 is 5.97 Å². The first-order valence-electron chi connectivity index (χ1n) is 8.68. The van der Waals surface area contributed by atoms with Crippen molar-refractivity contribution in [2.75, 3.05) is 6.54 Å². The molecule has 0 aliphatic rings. The molecule has 3 N–H and O–H groups in total. The average molecular weight is 348 g/mol. The van der Waals surface area contributed by atoms with Crippen molar-refractivity contribution in [2.24, 2.45) is 5.92 Å². The number of rotatable bonds is 10. The number of aliphatic carboxylic acids is 1. The summed E-state index contributed by atoms with van der Waals surface area (Å²) in [5, 5.41) is 14.2. The lowest BCUT2D eigenvalue weighted by atomic mass is 10.0. The van der Waals surface area contributed by atoms with Crippen molar-refractivity contribution in [3.63, 3.8) is 0 Å². The summed E-state index contributed by atoms with van der Waals surface area (Å²) in [6, 6.07) is 6.62. The zero-order valence-corrected chi connectivity index (χ0v) is 15.2. The topological polar surface area (TPSA) is 95.5 Å². The summed E-state index contributed by atoms with van der Waals surface area (Å²) in [5.41, 5.74) is 1.52. The minimum atomic E-state index is -0.803. The van der Waals surface area contributed by atoms with E-state index in [2.05, 4.69) is 10.6 Å². The lowest BCUT2D eigenvalue weighted by molar-refractivity contribution is -0.137. The van der Waals surface area contributed by atoms with Gasteiger partial charge in [0.05, 0.1) is 0 Å². The lowest BCUT2D eigenvalue weighted by Gasteiger charge is -2.22. The second kappa shape index (κ2) is 10.5. The lowest BCUT2D eigenvalue weighted by Crippen LogP contribution is -2.49. The van der Waals surface area contributed by atoms with Gasteiger partial charge in [-0.3, -0.25) is 14.4 Å². The number of benzene rings is 1. The largest absolute Gasteiger partial charge is 0.481 e. The quantitative estimate of drug-likeness (QED) is 0.566. The summed E-state index contributed by atoms with van der Waals surface area (Å²) < 4.78 is 0. The molecule has 0 aliphatic carbocycles. The van der Waals surface area contributed by atoms with Crippen molar-refractivity contribution >= 4 is 17.8 Å². The molecule has 0 saturated heterocycles. The zero-order valence-electron chi connectivity index (χ0n) is 15.2. The fraction of sp³-hybridized carbons (Fsp3) is 0.526.